The van der Waals surface area contributed by atoms with Crippen LogP contribution in [0.1, 0.15) is 252 Å². The van der Waals surface area contributed by atoms with Crippen LogP contribution in [0.4, 0.5) is 0 Å². The van der Waals surface area contributed by atoms with E-state index in [1.54, 1.807) is 0 Å². The van der Waals surface area contributed by atoms with Gasteiger partial charge in [-0.15, -0.1) is 0 Å². The highest BCUT2D eigenvalue weighted by atomic mass is 16.6. The van der Waals surface area contributed by atoms with E-state index in [0.29, 0.717) is 12.8 Å². The average Bonchev–Trinajstić information content (AvgIpc) is 3.41. The zero-order valence-electron chi connectivity index (χ0n) is 48.3. The average molecular weight is 1040 g/mol. The second kappa shape index (κ2) is 61.8. The van der Waals surface area contributed by atoms with Gasteiger partial charge in [0.25, 0.3) is 0 Å². The lowest BCUT2D eigenvalue weighted by atomic mass is 10.1. The molecule has 6 heteroatoms. The van der Waals surface area contributed by atoms with Gasteiger partial charge in [-0.25, -0.2) is 0 Å². The van der Waals surface area contributed by atoms with Gasteiger partial charge in [0.1, 0.15) is 13.2 Å². The number of carbonyl (C=O) groups is 3. The van der Waals surface area contributed by atoms with Gasteiger partial charge in [0.05, 0.1) is 0 Å². The minimum absolute atomic E-state index is 0.102. The molecule has 0 rings (SSSR count). The van der Waals surface area contributed by atoms with Crippen molar-refractivity contribution >= 4 is 17.9 Å². The Balaban J connectivity index is 4.29. The molecule has 0 radical (unpaired) electrons. The zero-order chi connectivity index (χ0) is 54.3. The predicted molar refractivity (Wildman–Crippen MR) is 325 cm³/mol. The number of carbonyl (C=O) groups excluding carboxylic acids is 3. The molecule has 0 saturated heterocycles. The van der Waals surface area contributed by atoms with E-state index in [9.17, 15) is 14.4 Å². The van der Waals surface area contributed by atoms with E-state index in [1.807, 2.05) is 0 Å². The lowest BCUT2D eigenvalue weighted by Gasteiger charge is -2.18. The summed E-state index contributed by atoms with van der Waals surface area (Å²) in [5, 5.41) is 0. The molecule has 0 aliphatic rings. The summed E-state index contributed by atoms with van der Waals surface area (Å²) in [6, 6.07) is 0. The lowest BCUT2D eigenvalue weighted by Crippen LogP contribution is -2.30. The molecule has 0 aliphatic heterocycles. The van der Waals surface area contributed by atoms with E-state index in [1.165, 1.54) is 44.9 Å². The predicted octanol–water partition coefficient (Wildman–Crippen LogP) is 20.8. The van der Waals surface area contributed by atoms with Gasteiger partial charge in [-0.05, 0) is 135 Å². The number of rotatable bonds is 53. The highest BCUT2D eigenvalue weighted by Gasteiger charge is 2.19. The summed E-state index contributed by atoms with van der Waals surface area (Å²) in [5.74, 6) is -0.957. The molecule has 0 aromatic rings. The van der Waals surface area contributed by atoms with Crippen LogP contribution >= 0.6 is 0 Å². The molecule has 1 unspecified atom stereocenters. The van der Waals surface area contributed by atoms with Crippen molar-refractivity contribution in [1.82, 2.24) is 0 Å². The minimum atomic E-state index is -0.807. The van der Waals surface area contributed by atoms with Gasteiger partial charge in [-0.2, -0.15) is 0 Å². The largest absolute Gasteiger partial charge is 0.462 e. The first-order valence-corrected chi connectivity index (χ1v) is 30.3. The highest BCUT2D eigenvalue weighted by molar-refractivity contribution is 5.71. The van der Waals surface area contributed by atoms with E-state index >= 15 is 0 Å². The second-order valence-electron chi connectivity index (χ2n) is 19.5. The zero-order valence-corrected chi connectivity index (χ0v) is 48.3. The molecular weight excluding hydrogens is 925 g/mol. The third-order valence-corrected chi connectivity index (χ3v) is 12.3. The number of hydrogen-bond donors (Lipinski definition) is 0. The van der Waals surface area contributed by atoms with Crippen molar-refractivity contribution in [3.05, 3.63) is 146 Å². The van der Waals surface area contributed by atoms with Crippen LogP contribution in [0.5, 0.6) is 0 Å². The number of ether oxygens (including phenoxy) is 3. The van der Waals surface area contributed by atoms with Gasteiger partial charge >= 0.3 is 17.9 Å². The Morgan fingerprint density at radius 3 is 0.827 bits per heavy atom. The van der Waals surface area contributed by atoms with E-state index < -0.39 is 6.10 Å². The molecule has 0 N–H and O–H groups in total. The van der Waals surface area contributed by atoms with E-state index in [-0.39, 0.29) is 37.5 Å². The molecule has 0 spiro atoms. The summed E-state index contributed by atoms with van der Waals surface area (Å²) in [5.41, 5.74) is 0. The van der Waals surface area contributed by atoms with Gasteiger partial charge in [0.15, 0.2) is 6.10 Å². The fourth-order valence-corrected chi connectivity index (χ4v) is 7.83. The summed E-state index contributed by atoms with van der Waals surface area (Å²) in [4.78, 5) is 38.1. The number of allylic oxidation sites excluding steroid dienone is 24. The number of hydrogen-bond acceptors (Lipinski definition) is 6. The van der Waals surface area contributed by atoms with Crippen LogP contribution in [0.3, 0.4) is 0 Å². The topological polar surface area (TPSA) is 78.9 Å². The van der Waals surface area contributed by atoms with E-state index in [0.717, 1.165) is 167 Å². The monoisotopic (exact) mass is 1030 g/mol. The number of unbranched alkanes of at least 4 members (excludes halogenated alkanes) is 18. The van der Waals surface area contributed by atoms with Crippen LogP contribution < -0.4 is 0 Å². The lowest BCUT2D eigenvalue weighted by molar-refractivity contribution is -0.167. The molecule has 0 aromatic carbocycles. The molecule has 0 bridgehead atoms. The van der Waals surface area contributed by atoms with Crippen molar-refractivity contribution in [2.45, 2.75) is 258 Å². The van der Waals surface area contributed by atoms with Crippen molar-refractivity contribution < 1.29 is 28.6 Å². The van der Waals surface area contributed by atoms with Crippen molar-refractivity contribution in [2.75, 3.05) is 13.2 Å². The standard InChI is InChI=1S/C69H110O6/c1-4-7-10-13-16-19-22-25-26-27-28-29-30-31-32-33-34-35-36-37-38-39-40-41-42-45-47-50-53-56-59-62-68(71)74-65-66(75-69(72)63-60-57-54-51-48-44-24-21-18-15-12-9-6-3)64-73-67(70)61-58-55-52-49-46-43-23-20-17-14-11-8-5-2/h7,9-12,14,16,18-21,23,25-26,28-29,31-32,34-35,37-38,44,48,66H,4-6,8,13,15,17,22,24,27,30,33,36,39-43,45-47,49-65H2,1-3H3/b10-7-,12-9-,14-11-,19-16-,21-18-,23-20-,26-25-,29-28-,32-31-,35-34-,38-37-,48-44-. The molecule has 75 heavy (non-hydrogen) atoms. The fraction of sp³-hybridized carbons (Fsp3) is 0.609. The maximum atomic E-state index is 12.8. The maximum absolute atomic E-state index is 12.8. The SMILES string of the molecule is CC/C=C\C/C=C\C/C=C\C/C=C\C/C=C\C/C=C\C/C=C\CCCCCCCCCCCC(=O)OCC(COC(=O)CCCCCCC/C=C\C/C=C\CCC)OC(=O)CCCCC/C=C\C/C=C\C/C=C\CC. The molecule has 0 heterocycles. The van der Waals surface area contributed by atoms with Gasteiger partial charge in [0, 0.05) is 19.3 Å². The Kier molecular flexibility index (Phi) is 58.0. The smallest absolute Gasteiger partial charge is 0.306 e. The van der Waals surface area contributed by atoms with Crippen molar-refractivity contribution in [2.24, 2.45) is 0 Å². The van der Waals surface area contributed by atoms with Gasteiger partial charge in [-0.1, -0.05) is 244 Å². The minimum Gasteiger partial charge on any atom is -0.462 e. The first-order valence-electron chi connectivity index (χ1n) is 30.3. The first kappa shape index (κ1) is 70.3. The van der Waals surface area contributed by atoms with Crippen LogP contribution in [0.15, 0.2) is 146 Å². The van der Waals surface area contributed by atoms with Crippen LogP contribution in [-0.4, -0.2) is 37.2 Å². The Hall–Kier alpha value is -4.71. The van der Waals surface area contributed by atoms with Crippen LogP contribution in [0, 0.1) is 0 Å². The molecule has 0 aliphatic carbocycles. The molecule has 6 nitrogen and oxygen atoms in total. The molecular formula is C69H110O6. The second-order valence-corrected chi connectivity index (χ2v) is 19.5. The summed E-state index contributed by atoms with van der Waals surface area (Å²) in [6.45, 7) is 6.29. The number of esters is 3. The molecule has 1 atom stereocenters. The molecule has 0 fully saturated rings. The van der Waals surface area contributed by atoms with E-state index in [4.69, 9.17) is 14.2 Å². The third-order valence-electron chi connectivity index (χ3n) is 12.3. The summed E-state index contributed by atoms with van der Waals surface area (Å²) in [6.07, 6.45) is 88.5. The van der Waals surface area contributed by atoms with Gasteiger partial charge in [-0.3, -0.25) is 14.4 Å². The Labute approximate surface area is 461 Å². The van der Waals surface area contributed by atoms with Crippen LogP contribution in [0.2, 0.25) is 0 Å². The Bertz CT molecular complexity index is 1660. The quantitative estimate of drug-likeness (QED) is 0.0261. The van der Waals surface area contributed by atoms with Crippen LogP contribution in [-0.2, 0) is 28.6 Å². The Morgan fingerprint density at radius 2 is 0.520 bits per heavy atom. The summed E-state index contributed by atoms with van der Waals surface area (Å²) < 4.78 is 16.8. The molecule has 0 saturated carbocycles. The van der Waals surface area contributed by atoms with Crippen molar-refractivity contribution in [3.8, 4) is 0 Å². The van der Waals surface area contributed by atoms with Crippen LogP contribution in [0.25, 0.3) is 0 Å². The highest BCUT2D eigenvalue weighted by Crippen LogP contribution is 2.14. The first-order chi connectivity index (χ1) is 37.0. The Morgan fingerprint density at radius 1 is 0.280 bits per heavy atom. The molecule has 422 valence electrons. The van der Waals surface area contributed by atoms with Gasteiger partial charge < -0.3 is 14.2 Å². The fourth-order valence-electron chi connectivity index (χ4n) is 7.83. The summed E-state index contributed by atoms with van der Waals surface area (Å²) in [7, 11) is 0. The third kappa shape index (κ3) is 60.0. The maximum Gasteiger partial charge on any atom is 0.306 e. The van der Waals surface area contributed by atoms with Crippen molar-refractivity contribution in [1.29, 1.82) is 0 Å². The molecule has 0 amide bonds. The molecule has 0 aromatic heterocycles. The summed E-state index contributed by atoms with van der Waals surface area (Å²) >= 11 is 0. The van der Waals surface area contributed by atoms with Gasteiger partial charge in [0.2, 0.25) is 0 Å². The van der Waals surface area contributed by atoms with Crippen molar-refractivity contribution in [3.63, 3.8) is 0 Å². The van der Waals surface area contributed by atoms with E-state index in [2.05, 4.69) is 167 Å². The normalized spacial score (nSPS) is 13.2.